The maximum absolute atomic E-state index is 12.9. The smallest absolute Gasteiger partial charge is 0.272 e. The number of thiophene rings is 1. The van der Waals surface area contributed by atoms with Gasteiger partial charge in [-0.1, -0.05) is 41.6 Å². The van der Waals surface area contributed by atoms with E-state index in [1.165, 1.54) is 11.3 Å². The number of thioether (sulfide) groups is 1. The van der Waals surface area contributed by atoms with Gasteiger partial charge in [-0.25, -0.2) is 4.98 Å². The van der Waals surface area contributed by atoms with Crippen LogP contribution in [0.2, 0.25) is 5.02 Å². The minimum Gasteiger partial charge on any atom is -0.280 e. The van der Waals surface area contributed by atoms with Gasteiger partial charge >= 0.3 is 0 Å². The number of halogens is 1. The molecule has 130 valence electrons. The van der Waals surface area contributed by atoms with Gasteiger partial charge in [-0.15, -0.1) is 11.3 Å². The van der Waals surface area contributed by atoms with E-state index < -0.39 is 0 Å². The molecule has 0 unspecified atom stereocenters. The first-order valence-corrected chi connectivity index (χ1v) is 10.2. The highest BCUT2D eigenvalue weighted by atomic mass is 35.5. The molecule has 26 heavy (non-hydrogen) atoms. The van der Waals surface area contributed by atoms with Crippen LogP contribution in [0.4, 0.5) is 0 Å². The summed E-state index contributed by atoms with van der Waals surface area (Å²) in [5.74, 6) is 0.710. The molecule has 4 aromatic rings. The largest absolute Gasteiger partial charge is 0.280 e. The third-order valence-electron chi connectivity index (χ3n) is 3.86. The van der Waals surface area contributed by atoms with Gasteiger partial charge < -0.3 is 0 Å². The van der Waals surface area contributed by atoms with Crippen LogP contribution >= 0.6 is 34.7 Å². The fraction of sp³-hybridized carbons (Fsp3) is 0.105. The number of rotatable bonds is 5. The highest BCUT2D eigenvalue weighted by molar-refractivity contribution is 7.98. The first kappa shape index (κ1) is 17.3. The number of hydrogen-bond acceptors (Lipinski definition) is 5. The molecule has 0 amide bonds. The van der Waals surface area contributed by atoms with Crippen molar-refractivity contribution < 1.29 is 0 Å². The summed E-state index contributed by atoms with van der Waals surface area (Å²) < 4.78 is 2.39. The van der Waals surface area contributed by atoms with E-state index in [0.717, 1.165) is 16.8 Å². The van der Waals surface area contributed by atoms with Crippen molar-refractivity contribution in [3.05, 3.63) is 86.7 Å². The van der Waals surface area contributed by atoms with E-state index in [4.69, 9.17) is 16.6 Å². The average Bonchev–Trinajstić information content (AvgIpc) is 3.13. The molecule has 0 fully saturated rings. The van der Waals surface area contributed by atoms with Crippen molar-refractivity contribution in [2.75, 3.05) is 0 Å². The van der Waals surface area contributed by atoms with Crippen molar-refractivity contribution in [1.82, 2.24) is 14.5 Å². The number of hydrogen-bond donors (Lipinski definition) is 0. The summed E-state index contributed by atoms with van der Waals surface area (Å²) in [4.78, 5) is 22.0. The van der Waals surface area contributed by atoms with Crippen molar-refractivity contribution >= 4 is 44.9 Å². The van der Waals surface area contributed by atoms with Crippen molar-refractivity contribution in [2.45, 2.75) is 17.5 Å². The zero-order valence-corrected chi connectivity index (χ0v) is 16.0. The molecule has 0 aliphatic rings. The first-order chi connectivity index (χ1) is 12.7. The van der Waals surface area contributed by atoms with Crippen LogP contribution in [0.1, 0.15) is 11.3 Å². The van der Waals surface area contributed by atoms with Gasteiger partial charge in [-0.2, -0.15) is 0 Å². The first-order valence-electron chi connectivity index (χ1n) is 7.96. The summed E-state index contributed by atoms with van der Waals surface area (Å²) in [6.07, 6.45) is 1.73. The third kappa shape index (κ3) is 3.67. The molecule has 0 aliphatic carbocycles. The summed E-state index contributed by atoms with van der Waals surface area (Å²) in [5, 5.41) is 3.31. The molecular weight excluding hydrogens is 386 g/mol. The summed E-state index contributed by atoms with van der Waals surface area (Å²) in [7, 11) is 0. The minimum absolute atomic E-state index is 0.0192. The van der Waals surface area contributed by atoms with Gasteiger partial charge in [0.15, 0.2) is 5.16 Å². The monoisotopic (exact) mass is 399 g/mol. The Balaban J connectivity index is 1.70. The second-order valence-corrected chi connectivity index (χ2v) is 7.95. The van der Waals surface area contributed by atoms with Gasteiger partial charge in [0, 0.05) is 17.0 Å². The summed E-state index contributed by atoms with van der Waals surface area (Å²) in [6, 6.07) is 15.3. The van der Waals surface area contributed by atoms with Crippen LogP contribution < -0.4 is 5.56 Å². The molecule has 0 saturated heterocycles. The SMILES string of the molecule is O=c1c2sccc2nc(SCc2ccc(Cl)cc2)n1Cc1ccccn1. The number of nitrogens with zero attached hydrogens (tertiary/aromatic N) is 3. The second-order valence-electron chi connectivity index (χ2n) is 5.66. The van der Waals surface area contributed by atoms with E-state index in [0.29, 0.717) is 27.2 Å². The van der Waals surface area contributed by atoms with Gasteiger partial charge in [-0.05, 0) is 41.3 Å². The van der Waals surface area contributed by atoms with Gasteiger partial charge in [0.05, 0.1) is 17.8 Å². The summed E-state index contributed by atoms with van der Waals surface area (Å²) in [6.45, 7) is 0.406. The predicted octanol–water partition coefficient (Wildman–Crippen LogP) is 4.85. The van der Waals surface area contributed by atoms with Gasteiger partial charge in [-0.3, -0.25) is 14.3 Å². The molecule has 3 aromatic heterocycles. The Morgan fingerprint density at radius 3 is 2.73 bits per heavy atom. The molecule has 4 nitrogen and oxygen atoms in total. The molecule has 0 aliphatic heterocycles. The highest BCUT2D eigenvalue weighted by Crippen LogP contribution is 2.25. The molecule has 0 radical (unpaired) electrons. The number of aromatic nitrogens is 3. The Bertz CT molecular complexity index is 1090. The summed E-state index contributed by atoms with van der Waals surface area (Å²) in [5.41, 5.74) is 2.69. The van der Waals surface area contributed by atoms with E-state index in [-0.39, 0.29) is 5.56 Å². The van der Waals surface area contributed by atoms with Crippen LogP contribution in [-0.2, 0) is 12.3 Å². The van der Waals surface area contributed by atoms with Gasteiger partial charge in [0.2, 0.25) is 0 Å². The zero-order valence-electron chi connectivity index (χ0n) is 13.6. The molecular formula is C19H14ClN3OS2. The van der Waals surface area contributed by atoms with Gasteiger partial charge in [0.25, 0.3) is 5.56 Å². The Morgan fingerprint density at radius 1 is 1.12 bits per heavy atom. The third-order valence-corrected chi connectivity index (χ3v) is 6.05. The van der Waals surface area contributed by atoms with Gasteiger partial charge in [0.1, 0.15) is 4.70 Å². The highest BCUT2D eigenvalue weighted by Gasteiger charge is 2.13. The lowest BCUT2D eigenvalue weighted by Gasteiger charge is -2.11. The molecule has 7 heteroatoms. The Hall–Kier alpha value is -2.15. The topological polar surface area (TPSA) is 47.8 Å². The Labute approximate surface area is 163 Å². The molecule has 0 atom stereocenters. The normalized spacial score (nSPS) is 11.1. The van der Waals surface area contributed by atoms with Crippen LogP contribution in [-0.4, -0.2) is 14.5 Å². The Morgan fingerprint density at radius 2 is 1.96 bits per heavy atom. The van der Waals surface area contributed by atoms with E-state index >= 15 is 0 Å². The molecule has 0 spiro atoms. The fourth-order valence-electron chi connectivity index (χ4n) is 2.56. The fourth-order valence-corrected chi connectivity index (χ4v) is 4.41. The molecule has 0 saturated carbocycles. The van der Waals surface area contributed by atoms with Crippen molar-refractivity contribution in [3.63, 3.8) is 0 Å². The molecule has 0 N–H and O–H groups in total. The van der Waals surface area contributed by atoms with Crippen molar-refractivity contribution in [2.24, 2.45) is 0 Å². The lowest BCUT2D eigenvalue weighted by atomic mass is 10.2. The zero-order chi connectivity index (χ0) is 17.9. The number of fused-ring (bicyclic) bond motifs is 1. The lowest BCUT2D eigenvalue weighted by Crippen LogP contribution is -2.23. The number of pyridine rings is 1. The average molecular weight is 400 g/mol. The maximum atomic E-state index is 12.9. The maximum Gasteiger partial charge on any atom is 0.272 e. The molecule has 3 heterocycles. The predicted molar refractivity (Wildman–Crippen MR) is 108 cm³/mol. The van der Waals surface area contributed by atoms with Crippen LogP contribution in [0.15, 0.2) is 70.1 Å². The quantitative estimate of drug-likeness (QED) is 0.355. The van der Waals surface area contributed by atoms with E-state index in [1.807, 2.05) is 53.9 Å². The Kier molecular flexibility index (Phi) is 5.06. The van der Waals surface area contributed by atoms with Crippen LogP contribution in [0.25, 0.3) is 10.2 Å². The van der Waals surface area contributed by atoms with E-state index in [1.54, 1.807) is 22.5 Å². The molecule has 1 aromatic carbocycles. The van der Waals surface area contributed by atoms with Crippen LogP contribution in [0.3, 0.4) is 0 Å². The summed E-state index contributed by atoms with van der Waals surface area (Å²) >= 11 is 8.91. The van der Waals surface area contributed by atoms with Crippen molar-refractivity contribution in [3.8, 4) is 0 Å². The van der Waals surface area contributed by atoms with Crippen LogP contribution in [0.5, 0.6) is 0 Å². The van der Waals surface area contributed by atoms with E-state index in [9.17, 15) is 4.79 Å². The lowest BCUT2D eigenvalue weighted by molar-refractivity contribution is 0.647. The standard InChI is InChI=1S/C19H14ClN3OS2/c20-14-6-4-13(5-7-14)12-26-19-22-16-8-10-25-17(16)18(24)23(19)11-15-3-1-2-9-21-15/h1-10H,11-12H2. The van der Waals surface area contributed by atoms with Crippen LogP contribution in [0, 0.1) is 0 Å². The number of benzene rings is 1. The van der Waals surface area contributed by atoms with E-state index in [2.05, 4.69) is 4.98 Å². The van der Waals surface area contributed by atoms with Crippen molar-refractivity contribution in [1.29, 1.82) is 0 Å². The second kappa shape index (κ2) is 7.61. The minimum atomic E-state index is -0.0192. The molecule has 4 rings (SSSR count). The molecule has 0 bridgehead atoms.